The summed E-state index contributed by atoms with van der Waals surface area (Å²) in [5.74, 6) is 0.244. The number of imidazole rings is 1. The lowest BCUT2D eigenvalue weighted by Crippen LogP contribution is -2.27. The van der Waals surface area contributed by atoms with E-state index in [2.05, 4.69) is 4.98 Å². The van der Waals surface area contributed by atoms with Crippen molar-refractivity contribution in [3.8, 4) is 0 Å². The molecule has 1 aliphatic rings. The number of aromatic nitrogens is 2. The molecule has 0 N–H and O–H groups in total. The molecule has 0 atom stereocenters. The van der Waals surface area contributed by atoms with Gasteiger partial charge in [-0.3, -0.25) is 4.79 Å². The van der Waals surface area contributed by atoms with Crippen molar-refractivity contribution >= 4 is 50.2 Å². The molecular formula is C24H19Cl2N3O3S. The average molecular weight is 500 g/mol. The van der Waals surface area contributed by atoms with Crippen molar-refractivity contribution in [3.63, 3.8) is 0 Å². The van der Waals surface area contributed by atoms with Gasteiger partial charge in [0.2, 0.25) is 0 Å². The molecule has 6 nitrogen and oxygen atoms in total. The zero-order chi connectivity index (χ0) is 23.3. The van der Waals surface area contributed by atoms with E-state index in [1.165, 1.54) is 10.0 Å². The molecule has 5 rings (SSSR count). The van der Waals surface area contributed by atoms with Crippen LogP contribution in [0.4, 0.5) is 0 Å². The van der Waals surface area contributed by atoms with Gasteiger partial charge in [-0.05, 0) is 42.8 Å². The van der Waals surface area contributed by atoms with Crippen LogP contribution in [0.15, 0.2) is 65.6 Å². The molecule has 33 heavy (non-hydrogen) atoms. The number of halogens is 2. The van der Waals surface area contributed by atoms with E-state index in [0.717, 1.165) is 11.1 Å². The van der Waals surface area contributed by atoms with Crippen LogP contribution in [-0.4, -0.2) is 34.7 Å². The first-order chi connectivity index (χ1) is 15.8. The normalized spacial score (nSPS) is 13.7. The highest BCUT2D eigenvalue weighted by molar-refractivity contribution is 7.90. The molecular weight excluding hydrogens is 481 g/mol. The number of rotatable bonds is 5. The van der Waals surface area contributed by atoms with Gasteiger partial charge in [0.15, 0.2) is 0 Å². The van der Waals surface area contributed by atoms with Gasteiger partial charge in [-0.1, -0.05) is 59.1 Å². The van der Waals surface area contributed by atoms with E-state index in [1.54, 1.807) is 41.3 Å². The van der Waals surface area contributed by atoms with Gasteiger partial charge in [0.25, 0.3) is 15.9 Å². The Balaban J connectivity index is 1.56. The molecule has 9 heteroatoms. The van der Waals surface area contributed by atoms with Gasteiger partial charge < -0.3 is 4.90 Å². The number of carbonyl (C=O) groups is 1. The fourth-order valence-electron chi connectivity index (χ4n) is 4.07. The van der Waals surface area contributed by atoms with Crippen molar-refractivity contribution < 1.29 is 13.2 Å². The second-order valence-electron chi connectivity index (χ2n) is 8.00. The zero-order valence-corrected chi connectivity index (χ0v) is 20.0. The zero-order valence-electron chi connectivity index (χ0n) is 17.6. The summed E-state index contributed by atoms with van der Waals surface area (Å²) in [4.78, 5) is 19.2. The van der Waals surface area contributed by atoms with Crippen molar-refractivity contribution in [1.29, 1.82) is 0 Å². The Labute approximate surface area is 201 Å². The van der Waals surface area contributed by atoms with E-state index in [-0.39, 0.29) is 22.2 Å². The van der Waals surface area contributed by atoms with Crippen LogP contribution in [0, 0.1) is 6.92 Å². The summed E-state index contributed by atoms with van der Waals surface area (Å²) in [6.07, 6.45) is 0.245. The molecule has 0 spiro atoms. The second-order valence-corrected chi connectivity index (χ2v) is 10.6. The number of hydrogen-bond donors (Lipinski definition) is 0. The molecule has 3 aromatic carbocycles. The highest BCUT2D eigenvalue weighted by atomic mass is 35.5. The van der Waals surface area contributed by atoms with Crippen LogP contribution in [0.2, 0.25) is 10.0 Å². The van der Waals surface area contributed by atoms with Crippen LogP contribution in [0.3, 0.4) is 0 Å². The molecule has 1 amide bonds. The van der Waals surface area contributed by atoms with Crippen molar-refractivity contribution in [2.75, 3.05) is 6.54 Å². The molecule has 1 aliphatic heterocycles. The first-order valence-corrected chi connectivity index (χ1v) is 12.5. The summed E-state index contributed by atoms with van der Waals surface area (Å²) < 4.78 is 28.5. The van der Waals surface area contributed by atoms with E-state index in [1.807, 2.05) is 25.1 Å². The standard InChI is InChI=1S/C24H19Cl2N3O3S/c1-15-6-8-17(9-7-15)33(31,32)29-22-13-20(26)19(25)12-21(22)27-23(29)10-11-28-14-16-4-2-3-5-18(16)24(28)30/h2-9,12-13H,10-11,14H2,1H3. The maximum Gasteiger partial charge on any atom is 0.269 e. The lowest BCUT2D eigenvalue weighted by atomic mass is 10.1. The molecule has 0 fully saturated rings. The number of hydrogen-bond acceptors (Lipinski definition) is 4. The molecule has 0 aliphatic carbocycles. The average Bonchev–Trinajstić information content (AvgIpc) is 3.30. The molecule has 0 unspecified atom stereocenters. The summed E-state index contributed by atoms with van der Waals surface area (Å²) in [5.41, 5.74) is 3.35. The van der Waals surface area contributed by atoms with E-state index in [4.69, 9.17) is 23.2 Å². The largest absolute Gasteiger partial charge is 0.334 e. The molecule has 4 aromatic rings. The monoisotopic (exact) mass is 499 g/mol. The number of nitrogens with zero attached hydrogens (tertiary/aromatic N) is 3. The Morgan fingerprint density at radius 2 is 1.70 bits per heavy atom. The third-order valence-electron chi connectivity index (χ3n) is 5.78. The second kappa shape index (κ2) is 8.17. The number of carbonyl (C=O) groups excluding carboxylic acids is 1. The van der Waals surface area contributed by atoms with E-state index >= 15 is 0 Å². The van der Waals surface area contributed by atoms with Crippen LogP contribution in [0.5, 0.6) is 0 Å². The van der Waals surface area contributed by atoms with Gasteiger partial charge in [0.05, 0.1) is 26.0 Å². The third-order valence-corrected chi connectivity index (χ3v) is 8.26. The van der Waals surface area contributed by atoms with E-state index in [9.17, 15) is 13.2 Å². The molecule has 0 saturated carbocycles. The Bertz CT molecular complexity index is 1510. The van der Waals surface area contributed by atoms with Gasteiger partial charge in [-0.25, -0.2) is 17.4 Å². The smallest absolute Gasteiger partial charge is 0.269 e. The lowest BCUT2D eigenvalue weighted by Gasteiger charge is -2.16. The number of benzene rings is 3. The Morgan fingerprint density at radius 1 is 1.00 bits per heavy atom. The SMILES string of the molecule is Cc1ccc(S(=O)(=O)n2c(CCN3Cc4ccccc4C3=O)nc3cc(Cl)c(Cl)cc32)cc1. The van der Waals surface area contributed by atoms with Gasteiger partial charge >= 0.3 is 0 Å². The van der Waals surface area contributed by atoms with Crippen LogP contribution < -0.4 is 0 Å². The van der Waals surface area contributed by atoms with Gasteiger partial charge in [-0.15, -0.1) is 0 Å². The highest BCUT2D eigenvalue weighted by Crippen LogP contribution is 2.31. The van der Waals surface area contributed by atoms with Gasteiger partial charge in [0, 0.05) is 25.1 Å². The molecule has 0 bridgehead atoms. The van der Waals surface area contributed by atoms with Crippen molar-refractivity contribution in [3.05, 3.63) is 93.2 Å². The minimum absolute atomic E-state index is 0.0688. The lowest BCUT2D eigenvalue weighted by molar-refractivity contribution is 0.0779. The quantitative estimate of drug-likeness (QED) is 0.383. The third kappa shape index (κ3) is 3.80. The van der Waals surface area contributed by atoms with Gasteiger partial charge in [0.1, 0.15) is 5.82 Å². The predicted octanol–water partition coefficient (Wildman–Crippen LogP) is 5.09. The Hall–Kier alpha value is -2.87. The fourth-order valence-corrected chi connectivity index (χ4v) is 5.89. The first-order valence-electron chi connectivity index (χ1n) is 10.3. The predicted molar refractivity (Wildman–Crippen MR) is 128 cm³/mol. The number of amides is 1. The van der Waals surface area contributed by atoms with Crippen molar-refractivity contribution in [2.45, 2.75) is 24.8 Å². The molecule has 168 valence electrons. The summed E-state index contributed by atoms with van der Waals surface area (Å²) in [7, 11) is -3.96. The van der Waals surface area contributed by atoms with Crippen molar-refractivity contribution in [2.24, 2.45) is 0 Å². The summed E-state index contributed by atoms with van der Waals surface area (Å²) in [6.45, 7) is 2.70. The fraction of sp³-hybridized carbons (Fsp3) is 0.167. The molecule has 1 aromatic heterocycles. The summed E-state index contributed by atoms with van der Waals surface area (Å²) in [5, 5.41) is 0.527. The topological polar surface area (TPSA) is 72.3 Å². The molecule has 2 heterocycles. The number of aryl methyl sites for hydroxylation is 1. The van der Waals surface area contributed by atoms with E-state index in [0.29, 0.717) is 40.5 Å². The van der Waals surface area contributed by atoms with Gasteiger partial charge in [-0.2, -0.15) is 0 Å². The summed E-state index contributed by atoms with van der Waals surface area (Å²) in [6, 6.07) is 17.2. The number of fused-ring (bicyclic) bond motifs is 2. The molecule has 0 saturated heterocycles. The maximum absolute atomic E-state index is 13.6. The maximum atomic E-state index is 13.6. The van der Waals surface area contributed by atoms with Crippen LogP contribution in [-0.2, 0) is 23.0 Å². The molecule has 0 radical (unpaired) electrons. The van der Waals surface area contributed by atoms with Crippen LogP contribution in [0.1, 0.15) is 27.3 Å². The van der Waals surface area contributed by atoms with Crippen LogP contribution in [0.25, 0.3) is 11.0 Å². The van der Waals surface area contributed by atoms with Crippen molar-refractivity contribution in [1.82, 2.24) is 13.9 Å². The minimum atomic E-state index is -3.96. The highest BCUT2D eigenvalue weighted by Gasteiger charge is 2.29. The minimum Gasteiger partial charge on any atom is -0.334 e. The Morgan fingerprint density at radius 3 is 2.42 bits per heavy atom. The van der Waals surface area contributed by atoms with Crippen LogP contribution >= 0.6 is 23.2 Å². The van der Waals surface area contributed by atoms with E-state index < -0.39 is 10.0 Å². The Kier molecular flexibility index (Phi) is 5.43. The first kappa shape index (κ1) is 21.9. The summed E-state index contributed by atoms with van der Waals surface area (Å²) >= 11 is 12.4.